The molecule has 0 aliphatic heterocycles. The summed E-state index contributed by atoms with van der Waals surface area (Å²) in [6.07, 6.45) is 0.212. The first-order valence-electron chi connectivity index (χ1n) is 5.43. The van der Waals surface area contributed by atoms with Crippen LogP contribution in [-0.2, 0) is 6.54 Å². The molecule has 1 atom stereocenters. The highest BCUT2D eigenvalue weighted by Crippen LogP contribution is 2.06. The van der Waals surface area contributed by atoms with Gasteiger partial charge in [-0.3, -0.25) is 4.90 Å². The number of benzene rings is 1. The maximum atomic E-state index is 12.7. The number of aliphatic hydroxyl groups is 1. The number of aliphatic hydroxyl groups excluding tert-OH is 1. The lowest BCUT2D eigenvalue weighted by molar-refractivity contribution is 0.117. The molecule has 0 aromatic heterocycles. The average molecular weight is 242 g/mol. The van der Waals surface area contributed by atoms with Crippen LogP contribution in [0.3, 0.4) is 0 Å². The van der Waals surface area contributed by atoms with E-state index in [4.69, 9.17) is 5.73 Å². The molecule has 0 fully saturated rings. The van der Waals surface area contributed by atoms with E-state index < -0.39 is 6.10 Å². The molecule has 0 bridgehead atoms. The molecular weight excluding hydrogens is 219 g/mol. The second kappa shape index (κ2) is 8.17. The Labute approximate surface area is 103 Å². The van der Waals surface area contributed by atoms with Gasteiger partial charge in [-0.05, 0) is 37.7 Å². The number of hydrogen-bond donors (Lipinski definition) is 2. The largest absolute Gasteiger partial charge is 0.392 e. The summed E-state index contributed by atoms with van der Waals surface area (Å²) >= 11 is 0. The molecule has 1 unspecified atom stereocenters. The van der Waals surface area contributed by atoms with Crippen molar-refractivity contribution in [2.45, 2.75) is 26.5 Å². The molecule has 0 saturated carbocycles. The Morgan fingerprint density at radius 1 is 1.35 bits per heavy atom. The van der Waals surface area contributed by atoms with Crippen LogP contribution in [0.25, 0.3) is 0 Å². The van der Waals surface area contributed by atoms with Gasteiger partial charge < -0.3 is 10.8 Å². The van der Waals surface area contributed by atoms with Gasteiger partial charge in [-0.25, -0.2) is 4.39 Å². The van der Waals surface area contributed by atoms with E-state index in [9.17, 15) is 9.50 Å². The molecule has 0 heterocycles. The predicted octanol–water partition coefficient (Wildman–Crippen LogP) is 1.60. The van der Waals surface area contributed by atoms with Crippen LogP contribution in [-0.4, -0.2) is 36.2 Å². The van der Waals surface area contributed by atoms with Crippen molar-refractivity contribution in [1.82, 2.24) is 4.90 Å². The standard InChI is InChI=1S/C12H19FN2O.CH4/c1-15(9-12(16)6-7-14)8-10-2-4-11(13)5-3-10;/h2-5,12,16H,6-9,14H2,1H3;1H4. The molecule has 1 aromatic rings. The van der Waals surface area contributed by atoms with Gasteiger partial charge in [-0.15, -0.1) is 0 Å². The SMILES string of the molecule is C.CN(Cc1ccc(F)cc1)CC(O)CCN. The Morgan fingerprint density at radius 3 is 2.47 bits per heavy atom. The Balaban J connectivity index is 0.00000256. The van der Waals surface area contributed by atoms with Gasteiger partial charge in [0, 0.05) is 13.1 Å². The predicted molar refractivity (Wildman–Crippen MR) is 69.1 cm³/mol. The first-order valence-corrected chi connectivity index (χ1v) is 5.43. The van der Waals surface area contributed by atoms with Gasteiger partial charge >= 0.3 is 0 Å². The fourth-order valence-electron chi connectivity index (χ4n) is 1.61. The van der Waals surface area contributed by atoms with Crippen LogP contribution in [0.15, 0.2) is 24.3 Å². The summed E-state index contributed by atoms with van der Waals surface area (Å²) in [5.41, 5.74) is 6.39. The van der Waals surface area contributed by atoms with Gasteiger partial charge in [0.1, 0.15) is 5.82 Å². The molecule has 0 radical (unpaired) electrons. The third-order valence-electron chi connectivity index (χ3n) is 2.39. The molecular formula is C13H23FN2O. The molecule has 0 aliphatic rings. The highest BCUT2D eigenvalue weighted by atomic mass is 19.1. The van der Waals surface area contributed by atoms with Crippen molar-refractivity contribution >= 4 is 0 Å². The molecule has 0 amide bonds. The summed E-state index contributed by atoms with van der Waals surface area (Å²) in [5.74, 6) is -0.227. The summed E-state index contributed by atoms with van der Waals surface area (Å²) in [5, 5.41) is 9.56. The van der Waals surface area contributed by atoms with E-state index in [-0.39, 0.29) is 13.2 Å². The maximum absolute atomic E-state index is 12.7. The van der Waals surface area contributed by atoms with Crippen LogP contribution in [0.4, 0.5) is 4.39 Å². The summed E-state index contributed by atoms with van der Waals surface area (Å²) in [7, 11) is 1.92. The molecule has 0 aliphatic carbocycles. The van der Waals surface area contributed by atoms with Crippen LogP contribution in [0.1, 0.15) is 19.4 Å². The second-order valence-corrected chi connectivity index (χ2v) is 4.05. The lowest BCUT2D eigenvalue weighted by Crippen LogP contribution is -2.30. The fourth-order valence-corrected chi connectivity index (χ4v) is 1.61. The minimum atomic E-state index is -0.393. The van der Waals surface area contributed by atoms with E-state index in [0.717, 1.165) is 5.56 Å². The van der Waals surface area contributed by atoms with Crippen molar-refractivity contribution < 1.29 is 9.50 Å². The summed E-state index contributed by atoms with van der Waals surface area (Å²) in [4.78, 5) is 1.99. The van der Waals surface area contributed by atoms with Crippen LogP contribution < -0.4 is 5.73 Å². The first-order chi connectivity index (χ1) is 7.61. The smallest absolute Gasteiger partial charge is 0.123 e. The van der Waals surface area contributed by atoms with Gasteiger partial charge in [0.05, 0.1) is 6.10 Å². The minimum Gasteiger partial charge on any atom is -0.392 e. The third kappa shape index (κ3) is 6.36. The van der Waals surface area contributed by atoms with E-state index >= 15 is 0 Å². The van der Waals surface area contributed by atoms with E-state index in [1.807, 2.05) is 11.9 Å². The summed E-state index contributed by atoms with van der Waals surface area (Å²) in [6, 6.07) is 6.39. The quantitative estimate of drug-likeness (QED) is 0.796. The molecule has 3 nitrogen and oxygen atoms in total. The zero-order chi connectivity index (χ0) is 12.0. The number of likely N-dealkylation sites (N-methyl/N-ethyl adjacent to an activating group) is 1. The minimum absolute atomic E-state index is 0. The Kier molecular flexibility index (Phi) is 7.70. The van der Waals surface area contributed by atoms with Gasteiger partial charge in [0.25, 0.3) is 0 Å². The Hall–Kier alpha value is -0.970. The fraction of sp³-hybridized carbons (Fsp3) is 0.538. The molecule has 1 rings (SSSR count). The zero-order valence-corrected chi connectivity index (χ0v) is 9.56. The maximum Gasteiger partial charge on any atom is 0.123 e. The normalized spacial score (nSPS) is 12.3. The molecule has 1 aromatic carbocycles. The van der Waals surface area contributed by atoms with Crippen LogP contribution >= 0.6 is 0 Å². The van der Waals surface area contributed by atoms with Crippen molar-refractivity contribution in [2.75, 3.05) is 20.1 Å². The molecule has 4 heteroatoms. The zero-order valence-electron chi connectivity index (χ0n) is 9.56. The van der Waals surface area contributed by atoms with Crippen molar-refractivity contribution in [1.29, 1.82) is 0 Å². The number of nitrogens with zero attached hydrogens (tertiary/aromatic N) is 1. The highest BCUT2D eigenvalue weighted by molar-refractivity contribution is 5.15. The average Bonchev–Trinajstić information content (AvgIpc) is 2.21. The van der Waals surface area contributed by atoms with Crippen molar-refractivity contribution in [3.8, 4) is 0 Å². The molecule has 0 saturated heterocycles. The number of rotatable bonds is 6. The lowest BCUT2D eigenvalue weighted by Gasteiger charge is -2.20. The molecule has 98 valence electrons. The van der Waals surface area contributed by atoms with E-state index in [2.05, 4.69) is 0 Å². The highest BCUT2D eigenvalue weighted by Gasteiger charge is 2.07. The number of halogens is 1. The summed E-state index contributed by atoms with van der Waals surface area (Å²) in [6.45, 7) is 1.77. The van der Waals surface area contributed by atoms with Crippen molar-refractivity contribution in [3.63, 3.8) is 0 Å². The number of hydrogen-bond acceptors (Lipinski definition) is 3. The lowest BCUT2D eigenvalue weighted by atomic mass is 10.2. The first kappa shape index (κ1) is 16.0. The van der Waals surface area contributed by atoms with E-state index in [1.165, 1.54) is 12.1 Å². The van der Waals surface area contributed by atoms with Gasteiger partial charge in [-0.2, -0.15) is 0 Å². The van der Waals surface area contributed by atoms with Crippen molar-refractivity contribution in [2.24, 2.45) is 5.73 Å². The van der Waals surface area contributed by atoms with Gasteiger partial charge in [0.2, 0.25) is 0 Å². The van der Waals surface area contributed by atoms with Crippen LogP contribution in [0, 0.1) is 5.82 Å². The van der Waals surface area contributed by atoms with E-state index in [1.54, 1.807) is 12.1 Å². The van der Waals surface area contributed by atoms with Gasteiger partial charge in [-0.1, -0.05) is 19.6 Å². The Bertz CT molecular complexity index is 303. The molecule has 0 spiro atoms. The number of nitrogens with two attached hydrogens (primary N) is 1. The van der Waals surface area contributed by atoms with E-state index in [0.29, 0.717) is 26.1 Å². The summed E-state index contributed by atoms with van der Waals surface area (Å²) < 4.78 is 12.7. The topological polar surface area (TPSA) is 49.5 Å². The Morgan fingerprint density at radius 2 is 1.94 bits per heavy atom. The van der Waals surface area contributed by atoms with Crippen LogP contribution in [0.5, 0.6) is 0 Å². The van der Waals surface area contributed by atoms with Crippen LogP contribution in [0.2, 0.25) is 0 Å². The molecule has 3 N–H and O–H groups in total. The molecule has 17 heavy (non-hydrogen) atoms. The monoisotopic (exact) mass is 242 g/mol. The van der Waals surface area contributed by atoms with Crippen molar-refractivity contribution in [3.05, 3.63) is 35.6 Å². The van der Waals surface area contributed by atoms with Gasteiger partial charge in [0.15, 0.2) is 0 Å². The third-order valence-corrected chi connectivity index (χ3v) is 2.39. The second-order valence-electron chi connectivity index (χ2n) is 4.05.